The van der Waals surface area contributed by atoms with Crippen LogP contribution in [0.1, 0.15) is 44.0 Å². The van der Waals surface area contributed by atoms with E-state index in [1.54, 1.807) is 7.05 Å². The Morgan fingerprint density at radius 3 is 2.80 bits per heavy atom. The summed E-state index contributed by atoms with van der Waals surface area (Å²) in [5.74, 6) is 1.40. The van der Waals surface area contributed by atoms with Gasteiger partial charge in [-0.2, -0.15) is 13.8 Å². The fourth-order valence-electron chi connectivity index (χ4n) is 1.77. The summed E-state index contributed by atoms with van der Waals surface area (Å²) in [6, 6.07) is -0.175. The van der Waals surface area contributed by atoms with Crippen LogP contribution in [0.3, 0.4) is 0 Å². The number of imidazole rings is 1. The van der Waals surface area contributed by atoms with E-state index in [-0.39, 0.29) is 12.6 Å². The van der Waals surface area contributed by atoms with E-state index < -0.39 is 6.55 Å². The third-order valence-corrected chi connectivity index (χ3v) is 3.17. The van der Waals surface area contributed by atoms with E-state index in [1.807, 2.05) is 18.7 Å². The first kappa shape index (κ1) is 14.6. The number of rotatable bonds is 6. The lowest BCUT2D eigenvalue weighted by molar-refractivity contribution is 0.0630. The molecule has 0 aromatic carbocycles. The van der Waals surface area contributed by atoms with Crippen molar-refractivity contribution < 1.29 is 13.3 Å². The van der Waals surface area contributed by atoms with E-state index in [4.69, 9.17) is 4.52 Å². The van der Waals surface area contributed by atoms with E-state index in [0.29, 0.717) is 24.0 Å². The highest BCUT2D eigenvalue weighted by atomic mass is 19.3. The predicted octanol–water partition coefficient (Wildman–Crippen LogP) is 2.42. The second kappa shape index (κ2) is 6.08. The van der Waals surface area contributed by atoms with Crippen LogP contribution < -0.4 is 0 Å². The van der Waals surface area contributed by atoms with Gasteiger partial charge in [-0.15, -0.1) is 0 Å². The van der Waals surface area contributed by atoms with Crippen LogP contribution in [0.15, 0.2) is 16.9 Å². The topological polar surface area (TPSA) is 60.0 Å². The summed E-state index contributed by atoms with van der Waals surface area (Å²) in [6.07, 6.45) is 3.32. The van der Waals surface area contributed by atoms with Gasteiger partial charge in [0.1, 0.15) is 5.82 Å². The van der Waals surface area contributed by atoms with Crippen molar-refractivity contribution in [3.05, 3.63) is 29.9 Å². The average molecular weight is 285 g/mol. The quantitative estimate of drug-likeness (QED) is 0.815. The van der Waals surface area contributed by atoms with Crippen LogP contribution in [0.2, 0.25) is 0 Å². The van der Waals surface area contributed by atoms with Gasteiger partial charge in [0.25, 0.3) is 0 Å². The lowest BCUT2D eigenvalue weighted by Crippen LogP contribution is -2.24. The largest absolute Gasteiger partial charge is 0.338 e. The maximum atomic E-state index is 12.7. The minimum Gasteiger partial charge on any atom is -0.338 e. The van der Waals surface area contributed by atoms with Gasteiger partial charge in [0.15, 0.2) is 5.82 Å². The SMILES string of the molecule is CCc1noc([C@@H](C)N(C)Cc2nccn2C(F)F)n1. The van der Waals surface area contributed by atoms with Crippen molar-refractivity contribution in [1.82, 2.24) is 24.6 Å². The Labute approximate surface area is 115 Å². The Kier molecular flexibility index (Phi) is 4.43. The van der Waals surface area contributed by atoms with Crippen molar-refractivity contribution in [1.29, 1.82) is 0 Å². The Morgan fingerprint density at radius 1 is 1.45 bits per heavy atom. The van der Waals surface area contributed by atoms with Gasteiger partial charge in [0, 0.05) is 18.8 Å². The molecule has 0 spiro atoms. The summed E-state index contributed by atoms with van der Waals surface area (Å²) in [6.45, 7) is 1.49. The van der Waals surface area contributed by atoms with Crippen LogP contribution in [-0.4, -0.2) is 31.6 Å². The summed E-state index contributed by atoms with van der Waals surface area (Å²) in [4.78, 5) is 10.0. The molecule has 2 heterocycles. The van der Waals surface area contributed by atoms with E-state index in [2.05, 4.69) is 15.1 Å². The van der Waals surface area contributed by atoms with E-state index in [0.717, 1.165) is 4.57 Å². The van der Waals surface area contributed by atoms with Gasteiger partial charge in [-0.25, -0.2) is 4.98 Å². The lowest BCUT2D eigenvalue weighted by atomic mass is 10.3. The van der Waals surface area contributed by atoms with Gasteiger partial charge < -0.3 is 4.52 Å². The molecule has 0 amide bonds. The van der Waals surface area contributed by atoms with E-state index in [9.17, 15) is 8.78 Å². The molecule has 0 saturated carbocycles. The second-order valence-corrected chi connectivity index (χ2v) is 4.52. The molecule has 0 unspecified atom stereocenters. The number of halogens is 2. The predicted molar refractivity (Wildman–Crippen MR) is 67.0 cm³/mol. The number of aryl methyl sites for hydroxylation is 1. The Bertz CT molecular complexity index is 554. The molecule has 0 aliphatic heterocycles. The molecule has 0 aliphatic rings. The molecule has 1 atom stereocenters. The van der Waals surface area contributed by atoms with Gasteiger partial charge in [-0.05, 0) is 14.0 Å². The van der Waals surface area contributed by atoms with Crippen LogP contribution in [0.5, 0.6) is 0 Å². The number of nitrogens with zero attached hydrogens (tertiary/aromatic N) is 5. The summed E-state index contributed by atoms with van der Waals surface area (Å²) in [5.41, 5.74) is 0. The minimum atomic E-state index is -2.59. The molecule has 0 aliphatic carbocycles. The molecule has 0 saturated heterocycles. The fourth-order valence-corrected chi connectivity index (χ4v) is 1.77. The highest BCUT2D eigenvalue weighted by Gasteiger charge is 2.21. The van der Waals surface area contributed by atoms with Crippen molar-refractivity contribution in [3.63, 3.8) is 0 Å². The van der Waals surface area contributed by atoms with Crippen LogP contribution >= 0.6 is 0 Å². The first-order valence-electron chi connectivity index (χ1n) is 6.35. The standard InChI is InChI=1S/C12H17F2N5O/c1-4-9-16-11(20-17-9)8(2)18(3)7-10-15-5-6-19(10)12(13)14/h5-6,8,12H,4,7H2,1-3H3/t8-/m1/s1. The molecule has 0 bridgehead atoms. The number of aromatic nitrogens is 4. The monoisotopic (exact) mass is 285 g/mol. The Morgan fingerprint density at radius 2 is 2.20 bits per heavy atom. The van der Waals surface area contributed by atoms with Crippen molar-refractivity contribution in [2.45, 2.75) is 39.4 Å². The van der Waals surface area contributed by atoms with Crippen molar-refractivity contribution in [3.8, 4) is 0 Å². The highest BCUT2D eigenvalue weighted by Crippen LogP contribution is 2.20. The van der Waals surface area contributed by atoms with Crippen molar-refractivity contribution in [2.75, 3.05) is 7.05 Å². The van der Waals surface area contributed by atoms with Crippen LogP contribution in [0.4, 0.5) is 8.78 Å². The summed E-state index contributed by atoms with van der Waals surface area (Å²) >= 11 is 0. The van der Waals surface area contributed by atoms with Crippen LogP contribution in [0, 0.1) is 0 Å². The van der Waals surface area contributed by atoms with Gasteiger partial charge >= 0.3 is 6.55 Å². The molecule has 0 radical (unpaired) electrons. The average Bonchev–Trinajstić information content (AvgIpc) is 3.06. The molecular weight excluding hydrogens is 268 g/mol. The Hall–Kier alpha value is -1.83. The second-order valence-electron chi connectivity index (χ2n) is 4.52. The van der Waals surface area contributed by atoms with Gasteiger partial charge in [-0.1, -0.05) is 12.1 Å². The maximum absolute atomic E-state index is 12.7. The van der Waals surface area contributed by atoms with Gasteiger partial charge in [-0.3, -0.25) is 9.47 Å². The summed E-state index contributed by atoms with van der Waals surface area (Å²) in [7, 11) is 1.80. The molecule has 0 fully saturated rings. The zero-order valence-electron chi connectivity index (χ0n) is 11.6. The molecule has 6 nitrogen and oxygen atoms in total. The number of alkyl halides is 2. The van der Waals surface area contributed by atoms with Gasteiger partial charge in [0.2, 0.25) is 5.89 Å². The van der Waals surface area contributed by atoms with E-state index >= 15 is 0 Å². The molecule has 0 N–H and O–H groups in total. The molecule has 20 heavy (non-hydrogen) atoms. The normalized spacial score (nSPS) is 13.3. The zero-order valence-corrected chi connectivity index (χ0v) is 11.6. The Balaban J connectivity index is 2.07. The smallest absolute Gasteiger partial charge is 0.319 e. The van der Waals surface area contributed by atoms with E-state index in [1.165, 1.54) is 12.4 Å². The number of hydrogen-bond donors (Lipinski definition) is 0. The van der Waals surface area contributed by atoms with Crippen LogP contribution in [0.25, 0.3) is 0 Å². The molecule has 2 aromatic heterocycles. The fraction of sp³-hybridized carbons (Fsp3) is 0.583. The molecule has 8 heteroatoms. The molecule has 2 aromatic rings. The molecule has 2 rings (SSSR count). The first-order chi connectivity index (χ1) is 9.52. The highest BCUT2D eigenvalue weighted by molar-refractivity contribution is 4.96. The maximum Gasteiger partial charge on any atom is 0.319 e. The first-order valence-corrected chi connectivity index (χ1v) is 6.35. The third-order valence-electron chi connectivity index (χ3n) is 3.17. The lowest BCUT2D eigenvalue weighted by Gasteiger charge is -2.21. The summed E-state index contributed by atoms with van der Waals surface area (Å²) in [5, 5.41) is 3.83. The van der Waals surface area contributed by atoms with Crippen molar-refractivity contribution >= 4 is 0 Å². The van der Waals surface area contributed by atoms with Crippen molar-refractivity contribution in [2.24, 2.45) is 0 Å². The summed E-state index contributed by atoms with van der Waals surface area (Å²) < 4.78 is 31.5. The van der Waals surface area contributed by atoms with Crippen LogP contribution in [-0.2, 0) is 13.0 Å². The zero-order chi connectivity index (χ0) is 14.7. The molecule has 110 valence electrons. The minimum absolute atomic E-state index is 0.175. The van der Waals surface area contributed by atoms with Gasteiger partial charge in [0.05, 0.1) is 12.6 Å². The molecular formula is C12H17F2N5O. The number of hydrogen-bond acceptors (Lipinski definition) is 5. The third kappa shape index (κ3) is 3.01.